The van der Waals surface area contributed by atoms with Crippen LogP contribution in [-0.2, 0) is 13.5 Å². The minimum atomic E-state index is 0.550. The fraction of sp³-hybridized carbons (Fsp3) is 0.296. The monoisotopic (exact) mass is 436 g/mol. The fourth-order valence-corrected chi connectivity index (χ4v) is 5.25. The summed E-state index contributed by atoms with van der Waals surface area (Å²) in [6.45, 7) is 4.21. The largest absolute Gasteiger partial charge is 0.358 e. The molecule has 33 heavy (non-hydrogen) atoms. The van der Waals surface area contributed by atoms with Crippen LogP contribution >= 0.6 is 0 Å². The third-order valence-corrected chi connectivity index (χ3v) is 7.03. The molecule has 0 spiro atoms. The molecular formula is C27H28N6. The third-order valence-electron chi connectivity index (χ3n) is 7.03. The lowest BCUT2D eigenvalue weighted by Gasteiger charge is -2.33. The summed E-state index contributed by atoms with van der Waals surface area (Å²) in [6.07, 6.45) is 11.1. The zero-order valence-corrected chi connectivity index (χ0v) is 19.1. The number of hydrogen-bond acceptors (Lipinski definition) is 4. The molecule has 6 nitrogen and oxygen atoms in total. The lowest BCUT2D eigenvalue weighted by atomic mass is 9.93. The van der Waals surface area contributed by atoms with Crippen molar-refractivity contribution in [2.24, 2.45) is 7.05 Å². The summed E-state index contributed by atoms with van der Waals surface area (Å²) in [7, 11) is 1.95. The van der Waals surface area contributed by atoms with Crippen molar-refractivity contribution in [1.82, 2.24) is 24.7 Å². The van der Waals surface area contributed by atoms with Crippen LogP contribution in [0.4, 0.5) is 5.82 Å². The molecule has 2 aliphatic rings. The molecular weight excluding hydrogens is 408 g/mol. The molecule has 0 bridgehead atoms. The number of fused-ring (bicyclic) bond motifs is 1. The van der Waals surface area contributed by atoms with Gasteiger partial charge in [0.05, 0.1) is 11.9 Å². The molecule has 3 aromatic heterocycles. The highest BCUT2D eigenvalue weighted by atomic mass is 15.2. The quantitative estimate of drug-likeness (QED) is 0.489. The molecule has 1 aliphatic carbocycles. The first-order chi connectivity index (χ1) is 16.2. The van der Waals surface area contributed by atoms with E-state index in [0.717, 1.165) is 49.4 Å². The van der Waals surface area contributed by atoms with Gasteiger partial charge in [0.1, 0.15) is 12.1 Å². The molecule has 0 amide bonds. The standard InChI is InChI=1S/C27H28N6/c1-18-12-24(31-26(18)20-6-4-3-5-7-20)19-8-10-33(11-9-19)27-23-13-21(14-25(23)28-17-29-27)22-15-30-32(2)16-22/h3-7,12-13,15-17,19,31H,8-11,14H2,1-2H3. The van der Waals surface area contributed by atoms with Crippen molar-refractivity contribution in [2.45, 2.75) is 32.1 Å². The highest BCUT2D eigenvalue weighted by molar-refractivity contribution is 5.90. The number of benzene rings is 1. The van der Waals surface area contributed by atoms with E-state index in [0.29, 0.717) is 5.92 Å². The Balaban J connectivity index is 1.20. The minimum absolute atomic E-state index is 0.550. The fourth-order valence-electron chi connectivity index (χ4n) is 5.25. The van der Waals surface area contributed by atoms with E-state index >= 15 is 0 Å². The van der Waals surface area contributed by atoms with E-state index in [-0.39, 0.29) is 0 Å². The van der Waals surface area contributed by atoms with Gasteiger partial charge in [-0.15, -0.1) is 0 Å². The second kappa shape index (κ2) is 8.03. The Labute approximate surface area is 194 Å². The summed E-state index contributed by atoms with van der Waals surface area (Å²) < 4.78 is 1.85. The predicted molar refractivity (Wildman–Crippen MR) is 132 cm³/mol. The average Bonchev–Trinajstić information content (AvgIpc) is 3.57. The van der Waals surface area contributed by atoms with Gasteiger partial charge in [0.25, 0.3) is 0 Å². The van der Waals surface area contributed by atoms with E-state index in [1.807, 2.05) is 17.9 Å². The number of nitrogens with zero attached hydrogens (tertiary/aromatic N) is 5. The van der Waals surface area contributed by atoms with E-state index in [2.05, 4.69) is 75.6 Å². The molecule has 1 N–H and O–H groups in total. The number of rotatable bonds is 4. The first kappa shape index (κ1) is 20.0. The lowest BCUT2D eigenvalue weighted by Crippen LogP contribution is -2.34. The molecule has 166 valence electrons. The van der Waals surface area contributed by atoms with Crippen molar-refractivity contribution < 1.29 is 0 Å². The molecule has 1 fully saturated rings. The zero-order valence-electron chi connectivity index (χ0n) is 19.1. The number of anilines is 1. The number of H-pyrrole nitrogens is 1. The predicted octanol–water partition coefficient (Wildman–Crippen LogP) is 4.99. The van der Waals surface area contributed by atoms with E-state index in [4.69, 9.17) is 4.98 Å². The average molecular weight is 437 g/mol. The summed E-state index contributed by atoms with van der Waals surface area (Å²) in [6, 6.07) is 13.0. The van der Waals surface area contributed by atoms with Crippen molar-refractivity contribution in [1.29, 1.82) is 0 Å². The summed E-state index contributed by atoms with van der Waals surface area (Å²) >= 11 is 0. The Morgan fingerprint density at radius 3 is 2.61 bits per heavy atom. The SMILES string of the molecule is Cc1cc(C2CCN(c3ncnc4c3C=C(c3cnn(C)c3)C4)CC2)[nH]c1-c1ccccc1. The van der Waals surface area contributed by atoms with Gasteiger partial charge in [-0.2, -0.15) is 5.10 Å². The molecule has 0 radical (unpaired) electrons. The van der Waals surface area contributed by atoms with Gasteiger partial charge in [-0.05, 0) is 48.6 Å². The van der Waals surface area contributed by atoms with Gasteiger partial charge in [-0.25, -0.2) is 9.97 Å². The maximum Gasteiger partial charge on any atom is 0.139 e. The van der Waals surface area contributed by atoms with E-state index < -0.39 is 0 Å². The molecule has 0 saturated carbocycles. The zero-order chi connectivity index (χ0) is 22.4. The van der Waals surface area contributed by atoms with Gasteiger partial charge < -0.3 is 9.88 Å². The number of aromatic amines is 1. The summed E-state index contributed by atoms with van der Waals surface area (Å²) in [5.41, 5.74) is 9.91. The molecule has 0 unspecified atom stereocenters. The number of piperidine rings is 1. The Kier molecular flexibility index (Phi) is 4.86. The Bertz CT molecular complexity index is 1320. The van der Waals surface area contributed by atoms with Crippen LogP contribution in [0.5, 0.6) is 0 Å². The van der Waals surface area contributed by atoms with Crippen LogP contribution in [0, 0.1) is 6.92 Å². The van der Waals surface area contributed by atoms with Gasteiger partial charge in [-0.3, -0.25) is 4.68 Å². The van der Waals surface area contributed by atoms with Gasteiger partial charge in [0, 0.05) is 61.2 Å². The van der Waals surface area contributed by atoms with Crippen molar-refractivity contribution in [3.8, 4) is 11.3 Å². The Hall–Kier alpha value is -3.67. The second-order valence-corrected chi connectivity index (χ2v) is 9.22. The number of hydrogen-bond donors (Lipinski definition) is 1. The third kappa shape index (κ3) is 3.65. The van der Waals surface area contributed by atoms with E-state index in [1.165, 1.54) is 33.7 Å². The summed E-state index contributed by atoms with van der Waals surface area (Å²) in [4.78, 5) is 15.4. The maximum absolute atomic E-state index is 4.70. The molecule has 1 aliphatic heterocycles. The minimum Gasteiger partial charge on any atom is -0.358 e. The van der Waals surface area contributed by atoms with Crippen molar-refractivity contribution in [3.63, 3.8) is 0 Å². The smallest absolute Gasteiger partial charge is 0.139 e. The molecule has 1 aromatic carbocycles. The first-order valence-electron chi connectivity index (χ1n) is 11.7. The van der Waals surface area contributed by atoms with Crippen LogP contribution in [0.25, 0.3) is 22.9 Å². The van der Waals surface area contributed by atoms with Gasteiger partial charge >= 0.3 is 0 Å². The molecule has 4 heterocycles. The Morgan fingerprint density at radius 1 is 1.03 bits per heavy atom. The normalized spacial score (nSPS) is 16.2. The number of nitrogens with one attached hydrogen (secondary N) is 1. The van der Waals surface area contributed by atoms with Gasteiger partial charge in [-0.1, -0.05) is 30.3 Å². The van der Waals surface area contributed by atoms with Crippen LogP contribution in [0.3, 0.4) is 0 Å². The summed E-state index contributed by atoms with van der Waals surface area (Å²) in [5.74, 6) is 1.62. The van der Waals surface area contributed by atoms with E-state index in [1.54, 1.807) is 6.33 Å². The highest BCUT2D eigenvalue weighted by Gasteiger charge is 2.27. The summed E-state index contributed by atoms with van der Waals surface area (Å²) in [5, 5.41) is 4.33. The van der Waals surface area contributed by atoms with Crippen LogP contribution < -0.4 is 4.90 Å². The van der Waals surface area contributed by atoms with Crippen molar-refractivity contribution in [2.75, 3.05) is 18.0 Å². The number of aromatic nitrogens is 5. The van der Waals surface area contributed by atoms with Crippen LogP contribution in [0.1, 0.15) is 46.8 Å². The maximum atomic E-state index is 4.70. The molecule has 0 atom stereocenters. The van der Waals surface area contributed by atoms with Crippen LogP contribution in [0.15, 0.2) is 55.1 Å². The van der Waals surface area contributed by atoms with Crippen molar-refractivity contribution >= 4 is 17.5 Å². The number of aryl methyl sites for hydroxylation is 2. The van der Waals surface area contributed by atoms with Crippen molar-refractivity contribution in [3.05, 3.63) is 83.2 Å². The molecule has 1 saturated heterocycles. The topological polar surface area (TPSA) is 62.6 Å². The molecule has 6 rings (SSSR count). The number of allylic oxidation sites excluding steroid dienone is 1. The highest BCUT2D eigenvalue weighted by Crippen LogP contribution is 2.38. The van der Waals surface area contributed by atoms with Crippen LogP contribution in [0.2, 0.25) is 0 Å². The molecule has 6 heteroatoms. The van der Waals surface area contributed by atoms with E-state index in [9.17, 15) is 0 Å². The lowest BCUT2D eigenvalue weighted by molar-refractivity contribution is 0.495. The Morgan fingerprint density at radius 2 is 1.85 bits per heavy atom. The molecule has 4 aromatic rings. The second-order valence-electron chi connectivity index (χ2n) is 9.22. The first-order valence-corrected chi connectivity index (χ1v) is 11.7. The van der Waals surface area contributed by atoms with Gasteiger partial charge in [0.2, 0.25) is 0 Å². The van der Waals surface area contributed by atoms with Gasteiger partial charge in [0.15, 0.2) is 0 Å². The van der Waals surface area contributed by atoms with Crippen LogP contribution in [-0.4, -0.2) is 37.8 Å².